The molecule has 0 saturated heterocycles. The first kappa shape index (κ1) is 17.9. The summed E-state index contributed by atoms with van der Waals surface area (Å²) in [6.45, 7) is 4.87. The number of para-hydroxylation sites is 1. The Balaban J connectivity index is 2.31. The minimum Gasteiger partial charge on any atom is -0.488 e. The van der Waals surface area contributed by atoms with Crippen LogP contribution in [0.1, 0.15) is 13.8 Å². The van der Waals surface area contributed by atoms with Crippen LogP contribution in [0.3, 0.4) is 0 Å². The van der Waals surface area contributed by atoms with Crippen molar-refractivity contribution in [1.29, 1.82) is 0 Å². The molecule has 0 heterocycles. The number of hydrogen-bond acceptors (Lipinski definition) is 4. The van der Waals surface area contributed by atoms with Crippen molar-refractivity contribution >= 4 is 35.0 Å². The Morgan fingerprint density at radius 3 is 2.60 bits per heavy atom. The summed E-state index contributed by atoms with van der Waals surface area (Å²) < 4.78 is 5.48. The van der Waals surface area contributed by atoms with Gasteiger partial charge in [0.05, 0.1) is 10.0 Å². The van der Waals surface area contributed by atoms with Crippen molar-refractivity contribution < 1.29 is 9.84 Å². The number of nitrogens with one attached hydrogen (secondary N) is 1. The van der Waals surface area contributed by atoms with E-state index < -0.39 is 6.10 Å². The van der Waals surface area contributed by atoms with Crippen LogP contribution in [-0.2, 0) is 0 Å². The quantitative estimate of drug-likeness (QED) is 0.724. The van der Waals surface area contributed by atoms with Crippen LogP contribution in [0.4, 0.5) is 0 Å². The highest BCUT2D eigenvalue weighted by Gasteiger charge is 2.11. The fraction of sp³-hybridized carbons (Fsp3) is 0.571. The smallest absolute Gasteiger partial charge is 0.156 e. The van der Waals surface area contributed by atoms with Crippen LogP contribution in [-0.4, -0.2) is 41.9 Å². The number of hydrogen-bond donors (Lipinski definition) is 2. The first-order chi connectivity index (χ1) is 9.54. The zero-order valence-electron chi connectivity index (χ0n) is 11.7. The van der Waals surface area contributed by atoms with Gasteiger partial charge in [-0.05, 0) is 24.8 Å². The van der Waals surface area contributed by atoms with Crippen LogP contribution in [0.15, 0.2) is 18.2 Å². The van der Waals surface area contributed by atoms with Crippen molar-refractivity contribution in [3.05, 3.63) is 28.2 Å². The first-order valence-corrected chi connectivity index (χ1v) is 8.51. The normalized spacial score (nSPS) is 14.1. The number of benzene rings is 1. The lowest BCUT2D eigenvalue weighted by Gasteiger charge is -2.18. The number of aliphatic hydroxyl groups is 1. The largest absolute Gasteiger partial charge is 0.488 e. The van der Waals surface area contributed by atoms with Gasteiger partial charge in [0.2, 0.25) is 0 Å². The van der Waals surface area contributed by atoms with E-state index in [0.717, 1.165) is 11.5 Å². The van der Waals surface area contributed by atoms with Crippen LogP contribution in [0.25, 0.3) is 0 Å². The minimum atomic E-state index is -0.601. The van der Waals surface area contributed by atoms with Gasteiger partial charge >= 0.3 is 0 Å². The molecule has 0 aliphatic heterocycles. The molecule has 0 fully saturated rings. The monoisotopic (exact) mass is 337 g/mol. The summed E-state index contributed by atoms with van der Waals surface area (Å²) in [7, 11) is 0. The Hall–Kier alpha value is -0.130. The Labute approximate surface area is 135 Å². The van der Waals surface area contributed by atoms with E-state index in [-0.39, 0.29) is 6.61 Å². The number of aliphatic hydroxyl groups excluding tert-OH is 1. The standard InChI is InChI=1S/C14H21Cl2NO2S/c1-3-20-9-10(2)17-7-11(18)8-19-14-12(15)5-4-6-13(14)16/h4-6,10-11,17-18H,3,7-9H2,1-2H3. The van der Waals surface area contributed by atoms with Crippen molar-refractivity contribution in [2.45, 2.75) is 26.0 Å². The number of ether oxygens (including phenoxy) is 1. The van der Waals surface area contributed by atoms with Crippen LogP contribution in [0, 0.1) is 0 Å². The maximum absolute atomic E-state index is 9.89. The van der Waals surface area contributed by atoms with Crippen molar-refractivity contribution in [2.75, 3.05) is 24.7 Å². The highest BCUT2D eigenvalue weighted by atomic mass is 35.5. The molecule has 0 spiro atoms. The van der Waals surface area contributed by atoms with Crippen LogP contribution in [0.5, 0.6) is 5.75 Å². The van der Waals surface area contributed by atoms with Crippen molar-refractivity contribution in [3.63, 3.8) is 0 Å². The zero-order valence-corrected chi connectivity index (χ0v) is 14.1. The summed E-state index contributed by atoms with van der Waals surface area (Å²) >= 11 is 13.8. The van der Waals surface area contributed by atoms with E-state index in [1.807, 2.05) is 11.8 Å². The summed E-state index contributed by atoms with van der Waals surface area (Å²) in [5.41, 5.74) is 0. The molecule has 20 heavy (non-hydrogen) atoms. The molecule has 0 aromatic heterocycles. The molecule has 0 saturated carbocycles. The summed E-state index contributed by atoms with van der Waals surface area (Å²) in [5.74, 6) is 2.55. The Morgan fingerprint density at radius 2 is 2.00 bits per heavy atom. The van der Waals surface area contributed by atoms with Gasteiger partial charge in [-0.25, -0.2) is 0 Å². The van der Waals surface area contributed by atoms with Gasteiger partial charge in [0.1, 0.15) is 12.7 Å². The van der Waals surface area contributed by atoms with E-state index in [1.54, 1.807) is 18.2 Å². The van der Waals surface area contributed by atoms with Gasteiger partial charge in [0, 0.05) is 18.3 Å². The van der Waals surface area contributed by atoms with Gasteiger partial charge in [-0.1, -0.05) is 36.2 Å². The SMILES string of the molecule is CCSCC(C)NCC(O)COc1c(Cl)cccc1Cl. The third-order valence-electron chi connectivity index (χ3n) is 2.61. The van der Waals surface area contributed by atoms with E-state index in [4.69, 9.17) is 27.9 Å². The van der Waals surface area contributed by atoms with E-state index in [1.165, 1.54) is 0 Å². The number of halogens is 2. The molecule has 1 aromatic carbocycles. The molecule has 0 aliphatic carbocycles. The number of thioether (sulfide) groups is 1. The zero-order chi connectivity index (χ0) is 15.0. The summed E-state index contributed by atoms with van der Waals surface area (Å²) in [6.07, 6.45) is -0.601. The second-order valence-corrected chi connectivity index (χ2v) is 6.62. The fourth-order valence-electron chi connectivity index (χ4n) is 1.55. The Morgan fingerprint density at radius 1 is 1.35 bits per heavy atom. The van der Waals surface area contributed by atoms with Gasteiger partial charge in [-0.15, -0.1) is 0 Å². The Bertz CT molecular complexity index is 387. The number of rotatable bonds is 9. The molecule has 1 rings (SSSR count). The molecule has 2 unspecified atom stereocenters. The third kappa shape index (κ3) is 6.55. The summed E-state index contributed by atoms with van der Waals surface area (Å²) in [6, 6.07) is 5.52. The maximum Gasteiger partial charge on any atom is 0.156 e. The average Bonchev–Trinajstić information content (AvgIpc) is 2.42. The van der Waals surface area contributed by atoms with Crippen molar-refractivity contribution in [3.8, 4) is 5.75 Å². The van der Waals surface area contributed by atoms with E-state index in [2.05, 4.69) is 19.2 Å². The fourth-order valence-corrected chi connectivity index (χ4v) is 2.76. The van der Waals surface area contributed by atoms with Crippen molar-refractivity contribution in [1.82, 2.24) is 5.32 Å². The van der Waals surface area contributed by atoms with Crippen molar-refractivity contribution in [2.24, 2.45) is 0 Å². The topological polar surface area (TPSA) is 41.5 Å². The lowest BCUT2D eigenvalue weighted by molar-refractivity contribution is 0.105. The summed E-state index contributed by atoms with van der Waals surface area (Å²) in [5, 5.41) is 14.1. The molecular weight excluding hydrogens is 317 g/mol. The molecule has 0 aliphatic rings. The van der Waals surface area contributed by atoms with E-state index >= 15 is 0 Å². The maximum atomic E-state index is 9.89. The molecular formula is C14H21Cl2NO2S. The molecule has 114 valence electrons. The van der Waals surface area contributed by atoms with Gasteiger partial charge in [0.15, 0.2) is 5.75 Å². The van der Waals surface area contributed by atoms with Crippen LogP contribution < -0.4 is 10.1 Å². The van der Waals surface area contributed by atoms with Crippen LogP contribution >= 0.6 is 35.0 Å². The minimum absolute atomic E-state index is 0.157. The molecule has 0 bridgehead atoms. The van der Waals surface area contributed by atoms with E-state index in [0.29, 0.717) is 28.4 Å². The lowest BCUT2D eigenvalue weighted by atomic mass is 10.3. The molecule has 6 heteroatoms. The first-order valence-electron chi connectivity index (χ1n) is 6.60. The molecule has 0 amide bonds. The predicted molar refractivity (Wildman–Crippen MR) is 88.4 cm³/mol. The highest BCUT2D eigenvalue weighted by molar-refractivity contribution is 7.99. The third-order valence-corrected chi connectivity index (χ3v) is 4.35. The van der Waals surface area contributed by atoms with Gasteiger partial charge in [-0.2, -0.15) is 11.8 Å². The van der Waals surface area contributed by atoms with Gasteiger partial charge in [0.25, 0.3) is 0 Å². The van der Waals surface area contributed by atoms with Gasteiger partial charge in [-0.3, -0.25) is 0 Å². The average molecular weight is 338 g/mol. The molecule has 2 N–H and O–H groups in total. The lowest BCUT2D eigenvalue weighted by Crippen LogP contribution is -2.37. The second-order valence-electron chi connectivity index (χ2n) is 4.48. The Kier molecular flexibility index (Phi) is 8.73. The van der Waals surface area contributed by atoms with Gasteiger partial charge < -0.3 is 15.2 Å². The second kappa shape index (κ2) is 9.74. The van der Waals surface area contributed by atoms with Crippen LogP contribution in [0.2, 0.25) is 10.0 Å². The molecule has 1 aromatic rings. The predicted octanol–water partition coefficient (Wildman–Crippen LogP) is 3.46. The highest BCUT2D eigenvalue weighted by Crippen LogP contribution is 2.32. The molecule has 2 atom stereocenters. The van der Waals surface area contributed by atoms with E-state index in [9.17, 15) is 5.11 Å². The molecule has 3 nitrogen and oxygen atoms in total. The summed E-state index contributed by atoms with van der Waals surface area (Å²) in [4.78, 5) is 0. The molecule has 0 radical (unpaired) electrons.